The van der Waals surface area contributed by atoms with Crippen LogP contribution in [-0.2, 0) is 0 Å². The first-order valence-corrected chi connectivity index (χ1v) is 3.48. The fourth-order valence-corrected chi connectivity index (χ4v) is 0.896. The second-order valence-corrected chi connectivity index (χ2v) is 2.23. The van der Waals surface area contributed by atoms with Crippen LogP contribution in [0.15, 0.2) is 18.5 Å². The molecule has 1 aromatic heterocycles. The highest BCUT2D eigenvalue weighted by molar-refractivity contribution is 4.80. The number of rotatable bonds is 3. The summed E-state index contributed by atoms with van der Waals surface area (Å²) in [5.41, 5.74) is 0. The number of aliphatic hydroxyl groups excluding tert-OH is 1. The van der Waals surface area contributed by atoms with Crippen LogP contribution >= 0.6 is 0 Å². The van der Waals surface area contributed by atoms with Gasteiger partial charge < -0.3 is 5.11 Å². The monoisotopic (exact) mass is 140 g/mol. The molecule has 3 heteroatoms. The molecule has 1 rings (SSSR count). The zero-order chi connectivity index (χ0) is 7.40. The van der Waals surface area contributed by atoms with Gasteiger partial charge in [-0.1, -0.05) is 6.92 Å². The lowest BCUT2D eigenvalue weighted by atomic mass is 10.2. The Morgan fingerprint density at radius 1 is 1.70 bits per heavy atom. The summed E-state index contributed by atoms with van der Waals surface area (Å²) in [6.45, 7) is 2.20. The molecule has 0 saturated carbocycles. The summed E-state index contributed by atoms with van der Waals surface area (Å²) in [7, 11) is 0. The summed E-state index contributed by atoms with van der Waals surface area (Å²) in [6, 6.07) is 2.01. The van der Waals surface area contributed by atoms with E-state index in [0.717, 1.165) is 6.42 Å². The van der Waals surface area contributed by atoms with E-state index in [1.807, 2.05) is 19.2 Å². The number of aliphatic hydroxyl groups is 1. The smallest absolute Gasteiger partial charge is 0.0747 e. The Labute approximate surface area is 60.3 Å². The van der Waals surface area contributed by atoms with Gasteiger partial charge in [0.2, 0.25) is 0 Å². The molecule has 0 aromatic carbocycles. The predicted octanol–water partition coefficient (Wildman–Crippen LogP) is 0.827. The van der Waals surface area contributed by atoms with Gasteiger partial charge in [-0.15, -0.1) is 0 Å². The predicted molar refractivity (Wildman–Crippen MR) is 38.6 cm³/mol. The number of aromatic nitrogens is 2. The van der Waals surface area contributed by atoms with E-state index in [1.54, 1.807) is 10.9 Å². The van der Waals surface area contributed by atoms with Gasteiger partial charge in [-0.2, -0.15) is 5.10 Å². The van der Waals surface area contributed by atoms with Crippen molar-refractivity contribution in [2.24, 2.45) is 0 Å². The highest BCUT2D eigenvalue weighted by Gasteiger charge is 2.04. The van der Waals surface area contributed by atoms with Crippen molar-refractivity contribution >= 4 is 0 Å². The van der Waals surface area contributed by atoms with Crippen LogP contribution in [0.3, 0.4) is 0 Å². The minimum atomic E-state index is 0.148. The lowest BCUT2D eigenvalue weighted by Crippen LogP contribution is -2.12. The van der Waals surface area contributed by atoms with Crippen molar-refractivity contribution in [3.63, 3.8) is 0 Å². The molecule has 10 heavy (non-hydrogen) atoms. The molecule has 0 aliphatic carbocycles. The largest absolute Gasteiger partial charge is 0.394 e. The Bertz CT molecular complexity index is 168. The van der Waals surface area contributed by atoms with E-state index in [9.17, 15) is 0 Å². The van der Waals surface area contributed by atoms with Crippen LogP contribution in [0.5, 0.6) is 0 Å². The maximum Gasteiger partial charge on any atom is 0.0747 e. The molecule has 3 nitrogen and oxygen atoms in total. The lowest BCUT2D eigenvalue weighted by molar-refractivity contribution is 0.215. The SMILES string of the molecule is CC[C@H](CO)n1cccn1. The van der Waals surface area contributed by atoms with Gasteiger partial charge in [0.25, 0.3) is 0 Å². The fourth-order valence-electron chi connectivity index (χ4n) is 0.896. The van der Waals surface area contributed by atoms with Gasteiger partial charge in [0.05, 0.1) is 12.6 Å². The summed E-state index contributed by atoms with van der Waals surface area (Å²) < 4.78 is 1.78. The second kappa shape index (κ2) is 3.37. The van der Waals surface area contributed by atoms with Crippen LogP contribution in [0.4, 0.5) is 0 Å². The first-order valence-electron chi connectivity index (χ1n) is 3.48. The van der Waals surface area contributed by atoms with Gasteiger partial charge in [0.15, 0.2) is 0 Å². The van der Waals surface area contributed by atoms with Crippen molar-refractivity contribution in [3.8, 4) is 0 Å². The van der Waals surface area contributed by atoms with Crippen LogP contribution in [0.1, 0.15) is 19.4 Å². The van der Waals surface area contributed by atoms with E-state index in [2.05, 4.69) is 5.10 Å². The van der Waals surface area contributed by atoms with E-state index in [0.29, 0.717) is 0 Å². The molecule has 0 aliphatic heterocycles. The minimum absolute atomic E-state index is 0.148. The third-order valence-corrected chi connectivity index (χ3v) is 1.58. The lowest BCUT2D eigenvalue weighted by Gasteiger charge is -2.10. The van der Waals surface area contributed by atoms with Gasteiger partial charge >= 0.3 is 0 Å². The molecule has 0 fully saturated rings. The molecule has 0 bridgehead atoms. The molecule has 1 aromatic rings. The van der Waals surface area contributed by atoms with Crippen molar-refractivity contribution in [1.29, 1.82) is 0 Å². The van der Waals surface area contributed by atoms with Crippen LogP contribution < -0.4 is 0 Å². The van der Waals surface area contributed by atoms with Crippen LogP contribution in [0, 0.1) is 0 Å². The molecule has 0 unspecified atom stereocenters. The summed E-state index contributed by atoms with van der Waals surface area (Å²) in [5, 5.41) is 12.9. The first-order chi connectivity index (χ1) is 4.88. The molecule has 1 heterocycles. The van der Waals surface area contributed by atoms with Crippen LogP contribution in [0.2, 0.25) is 0 Å². The zero-order valence-electron chi connectivity index (χ0n) is 6.07. The standard InChI is InChI=1S/C7H12N2O/c1-2-7(6-10)9-5-3-4-8-9/h3-5,7,10H,2,6H2,1H3/t7-/m1/s1. The average molecular weight is 140 g/mol. The Morgan fingerprint density at radius 2 is 2.50 bits per heavy atom. The van der Waals surface area contributed by atoms with Crippen molar-refractivity contribution in [1.82, 2.24) is 9.78 Å². The van der Waals surface area contributed by atoms with Crippen molar-refractivity contribution < 1.29 is 5.11 Å². The normalized spacial score (nSPS) is 13.4. The second-order valence-electron chi connectivity index (χ2n) is 2.23. The molecule has 1 N–H and O–H groups in total. The van der Waals surface area contributed by atoms with Crippen LogP contribution in [0.25, 0.3) is 0 Å². The summed E-state index contributed by atoms with van der Waals surface area (Å²) in [4.78, 5) is 0. The van der Waals surface area contributed by atoms with Gasteiger partial charge in [0.1, 0.15) is 0 Å². The van der Waals surface area contributed by atoms with E-state index < -0.39 is 0 Å². The topological polar surface area (TPSA) is 38.0 Å². The number of hydrogen-bond donors (Lipinski definition) is 1. The fraction of sp³-hybridized carbons (Fsp3) is 0.571. The molecule has 0 aliphatic rings. The molecular weight excluding hydrogens is 128 g/mol. The quantitative estimate of drug-likeness (QED) is 0.675. The summed E-state index contributed by atoms with van der Waals surface area (Å²) in [5.74, 6) is 0. The molecule has 0 saturated heterocycles. The average Bonchev–Trinajstić information content (AvgIpc) is 2.43. The maximum atomic E-state index is 8.84. The third-order valence-electron chi connectivity index (χ3n) is 1.58. The van der Waals surface area contributed by atoms with Gasteiger partial charge in [-0.3, -0.25) is 4.68 Å². The van der Waals surface area contributed by atoms with Crippen molar-refractivity contribution in [3.05, 3.63) is 18.5 Å². The summed E-state index contributed by atoms with van der Waals surface area (Å²) in [6.07, 6.45) is 4.50. The highest BCUT2D eigenvalue weighted by Crippen LogP contribution is 2.06. The van der Waals surface area contributed by atoms with E-state index in [-0.39, 0.29) is 12.6 Å². The minimum Gasteiger partial charge on any atom is -0.394 e. The third kappa shape index (κ3) is 1.36. The van der Waals surface area contributed by atoms with E-state index in [1.165, 1.54) is 0 Å². The highest BCUT2D eigenvalue weighted by atomic mass is 16.3. The van der Waals surface area contributed by atoms with Crippen LogP contribution in [-0.4, -0.2) is 21.5 Å². The number of hydrogen-bond acceptors (Lipinski definition) is 2. The van der Waals surface area contributed by atoms with Crippen molar-refractivity contribution in [2.45, 2.75) is 19.4 Å². The molecule has 0 radical (unpaired) electrons. The molecule has 0 amide bonds. The van der Waals surface area contributed by atoms with Gasteiger partial charge in [-0.05, 0) is 12.5 Å². The van der Waals surface area contributed by atoms with E-state index >= 15 is 0 Å². The zero-order valence-corrected chi connectivity index (χ0v) is 6.07. The first kappa shape index (κ1) is 7.28. The molecule has 0 spiro atoms. The van der Waals surface area contributed by atoms with Gasteiger partial charge in [0, 0.05) is 12.4 Å². The molecule has 56 valence electrons. The summed E-state index contributed by atoms with van der Waals surface area (Å²) >= 11 is 0. The Hall–Kier alpha value is -0.830. The van der Waals surface area contributed by atoms with Gasteiger partial charge in [-0.25, -0.2) is 0 Å². The van der Waals surface area contributed by atoms with E-state index in [4.69, 9.17) is 5.11 Å². The maximum absolute atomic E-state index is 8.84. The molecule has 1 atom stereocenters. The Morgan fingerprint density at radius 3 is 2.90 bits per heavy atom. The Kier molecular flexibility index (Phi) is 2.45. The molecular formula is C7H12N2O. The van der Waals surface area contributed by atoms with Crippen molar-refractivity contribution in [2.75, 3.05) is 6.61 Å². The Balaban J connectivity index is 2.64. The number of nitrogens with zero attached hydrogens (tertiary/aromatic N) is 2.